The van der Waals surface area contributed by atoms with Crippen molar-refractivity contribution < 1.29 is 31.8 Å². The summed E-state index contributed by atoms with van der Waals surface area (Å²) in [6.45, 7) is 5.85. The number of ether oxygens (including phenoxy) is 2. The lowest BCUT2D eigenvalue weighted by Crippen LogP contribution is -2.48. The molecule has 0 aromatic heterocycles. The molecule has 2 aromatic carbocycles. The monoisotopic (exact) mass is 423 g/mol. The molecule has 4 nitrogen and oxygen atoms in total. The van der Waals surface area contributed by atoms with E-state index in [1.165, 1.54) is 41.3 Å². The third-order valence-corrected chi connectivity index (χ3v) is 5.18. The highest BCUT2D eigenvalue weighted by atomic mass is 19.4. The molecular weight excluding hydrogens is 402 g/mol. The zero-order valence-electron chi connectivity index (χ0n) is 16.3. The molecule has 8 heteroatoms. The number of hydrogen-bond acceptors (Lipinski definition) is 3. The maximum absolute atomic E-state index is 13.3. The molecule has 1 fully saturated rings. The normalized spacial score (nSPS) is 20.4. The lowest BCUT2D eigenvalue weighted by Gasteiger charge is -2.43. The Morgan fingerprint density at radius 3 is 2.37 bits per heavy atom. The van der Waals surface area contributed by atoms with E-state index in [1.807, 2.05) is 0 Å². The fraction of sp³-hybridized carbons (Fsp3) is 0.318. The van der Waals surface area contributed by atoms with Crippen molar-refractivity contribution in [2.45, 2.75) is 37.8 Å². The van der Waals surface area contributed by atoms with Crippen LogP contribution in [0, 0.1) is 5.82 Å². The average molecular weight is 423 g/mol. The summed E-state index contributed by atoms with van der Waals surface area (Å²) in [6, 6.07) is 10.7. The van der Waals surface area contributed by atoms with Crippen LogP contribution in [0.5, 0.6) is 5.75 Å². The van der Waals surface area contributed by atoms with Gasteiger partial charge in [-0.1, -0.05) is 30.3 Å². The molecule has 160 valence electrons. The maximum Gasteiger partial charge on any atom is 0.573 e. The van der Waals surface area contributed by atoms with Gasteiger partial charge in [0, 0.05) is 19.4 Å². The number of carbonyl (C=O) groups excluding carboxylic acids is 1. The molecule has 0 bridgehead atoms. The number of halogens is 4. The van der Waals surface area contributed by atoms with Gasteiger partial charge in [-0.2, -0.15) is 0 Å². The van der Waals surface area contributed by atoms with Crippen molar-refractivity contribution in [2.75, 3.05) is 6.54 Å². The van der Waals surface area contributed by atoms with Gasteiger partial charge in [0.1, 0.15) is 17.2 Å². The maximum atomic E-state index is 13.3. The molecule has 0 radical (unpaired) electrons. The largest absolute Gasteiger partial charge is 0.573 e. The zero-order chi connectivity index (χ0) is 21.9. The van der Waals surface area contributed by atoms with Crippen LogP contribution in [0.1, 0.15) is 36.9 Å². The Morgan fingerprint density at radius 1 is 1.20 bits per heavy atom. The lowest BCUT2D eigenvalue weighted by atomic mass is 9.85. The first-order chi connectivity index (χ1) is 14.1. The SMILES string of the molecule is C=CCC1(c2ccc(F)cc2)CCN([C@@H](C)c2ccc(OC(F)(F)F)cc2)C(=O)O1. The van der Waals surface area contributed by atoms with Crippen molar-refractivity contribution in [3.05, 3.63) is 78.1 Å². The number of cyclic esters (lactones) is 1. The topological polar surface area (TPSA) is 38.8 Å². The van der Waals surface area contributed by atoms with Crippen molar-refractivity contribution in [1.29, 1.82) is 0 Å². The fourth-order valence-electron chi connectivity index (χ4n) is 3.60. The molecule has 3 rings (SSSR count). The first-order valence-electron chi connectivity index (χ1n) is 9.36. The molecule has 30 heavy (non-hydrogen) atoms. The number of hydrogen-bond donors (Lipinski definition) is 0. The third kappa shape index (κ3) is 4.75. The third-order valence-electron chi connectivity index (χ3n) is 5.18. The Labute approximate surface area is 171 Å². The number of nitrogens with zero attached hydrogens (tertiary/aromatic N) is 1. The van der Waals surface area contributed by atoms with E-state index in [0.29, 0.717) is 30.5 Å². The first kappa shape index (κ1) is 21.7. The summed E-state index contributed by atoms with van der Waals surface area (Å²) in [5.74, 6) is -0.719. The first-order valence-corrected chi connectivity index (χ1v) is 9.36. The van der Waals surface area contributed by atoms with E-state index in [9.17, 15) is 22.4 Å². The quantitative estimate of drug-likeness (QED) is 0.416. The summed E-state index contributed by atoms with van der Waals surface area (Å²) < 4.78 is 59.9. The van der Waals surface area contributed by atoms with Gasteiger partial charge in [0.2, 0.25) is 0 Å². The van der Waals surface area contributed by atoms with Gasteiger partial charge in [0.15, 0.2) is 0 Å². The van der Waals surface area contributed by atoms with E-state index in [0.717, 1.165) is 0 Å². The summed E-state index contributed by atoms with van der Waals surface area (Å²) in [5.41, 5.74) is 0.380. The Hall–Kier alpha value is -3.03. The van der Waals surface area contributed by atoms with E-state index in [2.05, 4.69) is 11.3 Å². The van der Waals surface area contributed by atoms with Crippen LogP contribution in [0.3, 0.4) is 0 Å². The number of benzene rings is 2. The Balaban J connectivity index is 1.76. The highest BCUT2D eigenvalue weighted by Gasteiger charge is 2.42. The second-order valence-electron chi connectivity index (χ2n) is 7.10. The van der Waals surface area contributed by atoms with E-state index in [4.69, 9.17) is 4.74 Å². The number of amides is 1. The Morgan fingerprint density at radius 2 is 1.83 bits per heavy atom. The Kier molecular flexibility index (Phi) is 6.05. The average Bonchev–Trinajstić information content (AvgIpc) is 2.68. The molecule has 1 aliphatic heterocycles. The zero-order valence-corrected chi connectivity index (χ0v) is 16.3. The van der Waals surface area contributed by atoms with Gasteiger partial charge in [-0.25, -0.2) is 9.18 Å². The van der Waals surface area contributed by atoms with Crippen molar-refractivity contribution in [3.8, 4) is 5.75 Å². The molecule has 1 aliphatic rings. The van der Waals surface area contributed by atoms with Crippen LogP contribution in [0.4, 0.5) is 22.4 Å². The van der Waals surface area contributed by atoms with Crippen LogP contribution in [-0.2, 0) is 10.3 Å². The van der Waals surface area contributed by atoms with Crippen LogP contribution in [0.15, 0.2) is 61.2 Å². The molecule has 1 amide bonds. The minimum Gasteiger partial charge on any atom is -0.437 e. The summed E-state index contributed by atoms with van der Waals surface area (Å²) in [5, 5.41) is 0. The van der Waals surface area contributed by atoms with Crippen molar-refractivity contribution >= 4 is 6.09 Å². The standard InChI is InChI=1S/C22H21F4NO3/c1-3-12-21(17-6-8-18(23)9-7-17)13-14-27(20(28)30-21)15(2)16-4-10-19(11-5-16)29-22(24,25)26/h3-11,15H,1,12-14H2,2H3/t15-,21?/m0/s1. The molecule has 0 N–H and O–H groups in total. The minimum atomic E-state index is -4.77. The highest BCUT2D eigenvalue weighted by molar-refractivity contribution is 5.70. The van der Waals surface area contributed by atoms with E-state index in [-0.39, 0.29) is 11.6 Å². The molecule has 0 spiro atoms. The molecule has 2 aromatic rings. The van der Waals surface area contributed by atoms with Gasteiger partial charge in [-0.05, 0) is 42.3 Å². The van der Waals surface area contributed by atoms with Crippen LogP contribution in [-0.4, -0.2) is 23.9 Å². The fourth-order valence-corrected chi connectivity index (χ4v) is 3.60. The van der Waals surface area contributed by atoms with Gasteiger partial charge < -0.3 is 14.4 Å². The summed E-state index contributed by atoms with van der Waals surface area (Å²) in [4.78, 5) is 14.3. The van der Waals surface area contributed by atoms with Crippen molar-refractivity contribution in [1.82, 2.24) is 4.90 Å². The molecular formula is C22H21F4NO3. The van der Waals surface area contributed by atoms with E-state index >= 15 is 0 Å². The lowest BCUT2D eigenvalue weighted by molar-refractivity contribution is -0.274. The van der Waals surface area contributed by atoms with Gasteiger partial charge in [-0.15, -0.1) is 19.8 Å². The van der Waals surface area contributed by atoms with Gasteiger partial charge >= 0.3 is 12.5 Å². The smallest absolute Gasteiger partial charge is 0.437 e. The molecule has 1 heterocycles. The van der Waals surface area contributed by atoms with Crippen molar-refractivity contribution in [3.63, 3.8) is 0 Å². The summed E-state index contributed by atoms with van der Waals surface area (Å²) in [6.07, 6.45) is -2.85. The van der Waals surface area contributed by atoms with E-state index < -0.39 is 24.1 Å². The number of alkyl halides is 3. The van der Waals surface area contributed by atoms with Crippen LogP contribution in [0.2, 0.25) is 0 Å². The van der Waals surface area contributed by atoms with Crippen molar-refractivity contribution in [2.24, 2.45) is 0 Å². The van der Waals surface area contributed by atoms with Gasteiger partial charge in [0.25, 0.3) is 0 Å². The van der Waals surface area contributed by atoms with Crippen LogP contribution in [0.25, 0.3) is 0 Å². The predicted molar refractivity (Wildman–Crippen MR) is 102 cm³/mol. The molecule has 1 saturated heterocycles. The molecule has 0 aliphatic carbocycles. The molecule has 0 saturated carbocycles. The summed E-state index contributed by atoms with van der Waals surface area (Å²) in [7, 11) is 0. The molecule has 1 unspecified atom stereocenters. The highest BCUT2D eigenvalue weighted by Crippen LogP contribution is 2.40. The minimum absolute atomic E-state index is 0.332. The predicted octanol–water partition coefficient (Wildman–Crippen LogP) is 6.10. The second-order valence-corrected chi connectivity index (χ2v) is 7.10. The summed E-state index contributed by atoms with van der Waals surface area (Å²) >= 11 is 0. The second kappa shape index (κ2) is 8.38. The Bertz CT molecular complexity index is 896. The molecule has 2 atom stereocenters. The van der Waals surface area contributed by atoms with E-state index in [1.54, 1.807) is 25.1 Å². The van der Waals surface area contributed by atoms with Crippen LogP contribution >= 0.6 is 0 Å². The van der Waals surface area contributed by atoms with Gasteiger partial charge in [-0.3, -0.25) is 0 Å². The number of rotatable bonds is 6. The van der Waals surface area contributed by atoms with Gasteiger partial charge in [0.05, 0.1) is 6.04 Å². The van der Waals surface area contributed by atoms with Crippen LogP contribution < -0.4 is 4.74 Å². The number of carbonyl (C=O) groups is 1.